The molecule has 3 aromatic heterocycles. The summed E-state index contributed by atoms with van der Waals surface area (Å²) in [6, 6.07) is 7.80. The lowest BCUT2D eigenvalue weighted by Gasteiger charge is -2.30. The van der Waals surface area contributed by atoms with Crippen molar-refractivity contribution in [2.75, 3.05) is 13.1 Å². The lowest BCUT2D eigenvalue weighted by atomic mass is 9.93. The Morgan fingerprint density at radius 2 is 2.21 bits per heavy atom. The number of pyridine rings is 1. The fourth-order valence-electron chi connectivity index (χ4n) is 3.19. The van der Waals surface area contributed by atoms with Gasteiger partial charge >= 0.3 is 5.97 Å². The lowest BCUT2D eigenvalue weighted by molar-refractivity contribution is 0.0652. The van der Waals surface area contributed by atoms with E-state index >= 15 is 0 Å². The summed E-state index contributed by atoms with van der Waals surface area (Å²) in [5.74, 6) is -0.864. The van der Waals surface area contributed by atoms with Crippen molar-refractivity contribution < 1.29 is 14.4 Å². The Morgan fingerprint density at radius 3 is 2.92 bits per heavy atom. The number of rotatable bonds is 4. The SMILES string of the molecule is O=C(O)c1cc(C2CCN(Cc3cc4ncccc4s3)CC2)no1. The van der Waals surface area contributed by atoms with Crippen LogP contribution in [0.15, 0.2) is 35.0 Å². The minimum absolute atomic E-state index is 0.0785. The van der Waals surface area contributed by atoms with E-state index in [0.717, 1.165) is 43.7 Å². The van der Waals surface area contributed by atoms with Gasteiger partial charge in [0.1, 0.15) is 0 Å². The summed E-state index contributed by atoms with van der Waals surface area (Å²) in [6.07, 6.45) is 3.76. The zero-order valence-electron chi connectivity index (χ0n) is 13.0. The molecule has 1 aliphatic heterocycles. The molecule has 0 aromatic carbocycles. The summed E-state index contributed by atoms with van der Waals surface area (Å²) in [4.78, 5) is 19.0. The highest BCUT2D eigenvalue weighted by Crippen LogP contribution is 2.30. The number of thiophene rings is 1. The van der Waals surface area contributed by atoms with Crippen LogP contribution < -0.4 is 0 Å². The molecule has 0 atom stereocenters. The number of likely N-dealkylation sites (tertiary alicyclic amines) is 1. The molecule has 0 spiro atoms. The molecule has 1 aliphatic rings. The van der Waals surface area contributed by atoms with Crippen molar-refractivity contribution in [2.24, 2.45) is 0 Å². The van der Waals surface area contributed by atoms with Gasteiger partial charge < -0.3 is 9.63 Å². The van der Waals surface area contributed by atoms with E-state index in [1.165, 1.54) is 9.58 Å². The Morgan fingerprint density at radius 1 is 1.38 bits per heavy atom. The zero-order valence-corrected chi connectivity index (χ0v) is 13.8. The van der Waals surface area contributed by atoms with E-state index in [1.807, 2.05) is 12.3 Å². The van der Waals surface area contributed by atoms with Crippen LogP contribution in [0.5, 0.6) is 0 Å². The molecule has 1 fully saturated rings. The quantitative estimate of drug-likeness (QED) is 0.782. The van der Waals surface area contributed by atoms with E-state index in [4.69, 9.17) is 9.63 Å². The summed E-state index contributed by atoms with van der Waals surface area (Å²) in [5.41, 5.74) is 1.83. The first kappa shape index (κ1) is 15.3. The number of carboxylic acids is 1. The van der Waals surface area contributed by atoms with Crippen LogP contribution in [0.3, 0.4) is 0 Å². The third-order valence-electron chi connectivity index (χ3n) is 4.46. The van der Waals surface area contributed by atoms with Crippen LogP contribution in [0.4, 0.5) is 0 Å². The standard InChI is InChI=1S/C17H17N3O3S/c21-17(22)15-9-13(19-23-15)11-3-6-20(7-4-11)10-12-8-14-16(24-12)2-1-5-18-14/h1-2,5,8-9,11H,3-4,6-7,10H2,(H,21,22). The second-order valence-corrected chi connectivity index (χ2v) is 7.24. The highest BCUT2D eigenvalue weighted by atomic mass is 32.1. The van der Waals surface area contributed by atoms with Gasteiger partial charge in [-0.25, -0.2) is 4.79 Å². The minimum atomic E-state index is -1.07. The fourth-order valence-corrected chi connectivity index (χ4v) is 4.25. The Labute approximate surface area is 142 Å². The first-order valence-electron chi connectivity index (χ1n) is 7.95. The maximum absolute atomic E-state index is 10.9. The number of fused-ring (bicyclic) bond motifs is 1. The minimum Gasteiger partial charge on any atom is -0.475 e. The number of nitrogens with zero attached hydrogens (tertiary/aromatic N) is 3. The molecular formula is C17H17N3O3S. The average Bonchev–Trinajstić information content (AvgIpc) is 3.22. The van der Waals surface area contributed by atoms with Crippen molar-refractivity contribution in [3.63, 3.8) is 0 Å². The molecule has 7 heteroatoms. The van der Waals surface area contributed by atoms with Gasteiger partial charge in [-0.2, -0.15) is 0 Å². The van der Waals surface area contributed by atoms with Gasteiger partial charge in [0.25, 0.3) is 0 Å². The number of piperidine rings is 1. The van der Waals surface area contributed by atoms with Crippen molar-refractivity contribution in [1.29, 1.82) is 0 Å². The third kappa shape index (κ3) is 3.05. The molecule has 0 bridgehead atoms. The fraction of sp³-hybridized carbons (Fsp3) is 0.353. The van der Waals surface area contributed by atoms with Gasteiger partial charge in [-0.05, 0) is 44.1 Å². The predicted octanol–water partition coefficient (Wildman–Crippen LogP) is 3.36. The van der Waals surface area contributed by atoms with Crippen LogP contribution >= 0.6 is 11.3 Å². The van der Waals surface area contributed by atoms with Crippen molar-refractivity contribution in [2.45, 2.75) is 25.3 Å². The Hall–Kier alpha value is -2.25. The van der Waals surface area contributed by atoms with Crippen molar-refractivity contribution in [1.82, 2.24) is 15.0 Å². The maximum atomic E-state index is 10.9. The van der Waals surface area contributed by atoms with Gasteiger partial charge in [0.05, 0.1) is 15.9 Å². The zero-order chi connectivity index (χ0) is 16.5. The highest BCUT2D eigenvalue weighted by Gasteiger charge is 2.24. The molecule has 4 rings (SSSR count). The first-order valence-corrected chi connectivity index (χ1v) is 8.76. The molecule has 0 aliphatic carbocycles. The summed E-state index contributed by atoms with van der Waals surface area (Å²) < 4.78 is 6.09. The molecule has 6 nitrogen and oxygen atoms in total. The van der Waals surface area contributed by atoms with Crippen LogP contribution in [0.25, 0.3) is 10.2 Å². The van der Waals surface area contributed by atoms with Crippen LogP contribution in [-0.2, 0) is 6.54 Å². The molecule has 4 heterocycles. The Bertz CT molecular complexity index is 832. The van der Waals surface area contributed by atoms with Crippen LogP contribution in [0, 0.1) is 0 Å². The molecule has 1 N–H and O–H groups in total. The summed E-state index contributed by atoms with van der Waals surface area (Å²) in [5, 5.41) is 12.8. The van der Waals surface area contributed by atoms with Gasteiger partial charge in [-0.3, -0.25) is 9.88 Å². The van der Waals surface area contributed by atoms with Gasteiger partial charge in [0.2, 0.25) is 5.76 Å². The Kier molecular flexibility index (Phi) is 4.03. The number of hydrogen-bond acceptors (Lipinski definition) is 6. The number of aromatic nitrogens is 2. The second-order valence-electron chi connectivity index (χ2n) is 6.07. The third-order valence-corrected chi connectivity index (χ3v) is 5.54. The normalized spacial score (nSPS) is 16.7. The Balaban J connectivity index is 1.37. The molecule has 1 saturated heterocycles. The molecule has 24 heavy (non-hydrogen) atoms. The largest absolute Gasteiger partial charge is 0.475 e. The van der Waals surface area contributed by atoms with Crippen molar-refractivity contribution in [3.8, 4) is 0 Å². The average molecular weight is 343 g/mol. The molecule has 0 radical (unpaired) electrons. The van der Waals surface area contributed by atoms with Gasteiger partial charge in [0, 0.05) is 29.6 Å². The van der Waals surface area contributed by atoms with Gasteiger partial charge in [-0.15, -0.1) is 11.3 Å². The number of hydrogen-bond donors (Lipinski definition) is 1. The summed E-state index contributed by atoms with van der Waals surface area (Å²) in [6.45, 7) is 2.89. The maximum Gasteiger partial charge on any atom is 0.374 e. The number of aromatic carboxylic acids is 1. The van der Waals surface area contributed by atoms with Crippen molar-refractivity contribution in [3.05, 3.63) is 46.8 Å². The van der Waals surface area contributed by atoms with Gasteiger partial charge in [0.15, 0.2) is 0 Å². The van der Waals surface area contributed by atoms with E-state index in [2.05, 4.69) is 27.2 Å². The van der Waals surface area contributed by atoms with E-state index in [1.54, 1.807) is 17.4 Å². The van der Waals surface area contributed by atoms with Crippen molar-refractivity contribution >= 4 is 27.5 Å². The molecular weight excluding hydrogens is 326 g/mol. The summed E-state index contributed by atoms with van der Waals surface area (Å²) in [7, 11) is 0. The molecule has 124 valence electrons. The first-order chi connectivity index (χ1) is 11.7. The molecule has 0 unspecified atom stereocenters. The van der Waals surface area contributed by atoms with E-state index in [-0.39, 0.29) is 11.7 Å². The lowest BCUT2D eigenvalue weighted by Crippen LogP contribution is -2.32. The van der Waals surface area contributed by atoms with Crippen LogP contribution in [0.2, 0.25) is 0 Å². The van der Waals surface area contributed by atoms with E-state index in [0.29, 0.717) is 0 Å². The number of carbonyl (C=O) groups is 1. The highest BCUT2D eigenvalue weighted by molar-refractivity contribution is 7.19. The smallest absolute Gasteiger partial charge is 0.374 e. The van der Waals surface area contributed by atoms with E-state index in [9.17, 15) is 4.79 Å². The van der Waals surface area contributed by atoms with E-state index < -0.39 is 5.97 Å². The molecule has 3 aromatic rings. The van der Waals surface area contributed by atoms with Crippen LogP contribution in [0.1, 0.15) is 39.9 Å². The monoisotopic (exact) mass is 343 g/mol. The van der Waals surface area contributed by atoms with Crippen LogP contribution in [-0.4, -0.2) is 39.2 Å². The van der Waals surface area contributed by atoms with Gasteiger partial charge in [-0.1, -0.05) is 5.16 Å². The predicted molar refractivity (Wildman–Crippen MR) is 90.3 cm³/mol. The second kappa shape index (κ2) is 6.33. The molecule has 0 amide bonds. The molecule has 0 saturated carbocycles. The summed E-state index contributed by atoms with van der Waals surface area (Å²) >= 11 is 1.80. The number of carboxylic acid groups (broad SMARTS) is 1. The topological polar surface area (TPSA) is 79.5 Å².